The number of carbonyl (C=O) groups is 3. The Balaban J connectivity index is -0.0000000865. The zero-order valence-electron chi connectivity index (χ0n) is 10.5. The van der Waals surface area contributed by atoms with Crippen LogP contribution in [-0.2, 0) is 14.4 Å². The van der Waals surface area contributed by atoms with E-state index in [0.717, 1.165) is 0 Å². The monoisotopic (exact) mass is 282 g/mol. The van der Waals surface area contributed by atoms with Crippen molar-refractivity contribution in [3.05, 3.63) is 38.0 Å². The zero-order chi connectivity index (χ0) is 15.0. The average Bonchev–Trinajstić information content (AvgIpc) is 2.18. The van der Waals surface area contributed by atoms with Gasteiger partial charge >= 0.3 is 17.4 Å². The summed E-state index contributed by atoms with van der Waals surface area (Å²) in [4.78, 5) is 28.3. The van der Waals surface area contributed by atoms with Crippen LogP contribution >= 0.6 is 0 Å². The number of aliphatic carboxylic acids is 3. The molecule has 0 aliphatic rings. The van der Waals surface area contributed by atoms with Gasteiger partial charge in [-0.15, -0.1) is 19.7 Å². The molecule has 0 aromatic heterocycles. The largest absolute Gasteiger partial charge is 3.00 e. The van der Waals surface area contributed by atoms with Gasteiger partial charge in [-0.1, -0.05) is 18.2 Å². The van der Waals surface area contributed by atoms with Crippen molar-refractivity contribution in [1.29, 1.82) is 0 Å². The van der Waals surface area contributed by atoms with Gasteiger partial charge in [-0.25, -0.2) is 0 Å². The molecule has 0 saturated carbocycles. The van der Waals surface area contributed by atoms with Crippen LogP contribution in [0.5, 0.6) is 0 Å². The van der Waals surface area contributed by atoms with Gasteiger partial charge in [0.15, 0.2) is 0 Å². The molecule has 0 aromatic carbocycles. The van der Waals surface area contributed by atoms with Crippen molar-refractivity contribution in [3.63, 3.8) is 0 Å². The second-order valence-electron chi connectivity index (χ2n) is 2.59. The zero-order valence-corrected chi connectivity index (χ0v) is 11.7. The summed E-state index contributed by atoms with van der Waals surface area (Å²) < 4.78 is 0. The van der Waals surface area contributed by atoms with Gasteiger partial charge in [0.2, 0.25) is 0 Å². The number of carboxylic acid groups (broad SMARTS) is 3. The minimum Gasteiger partial charge on any atom is -0.550 e. The van der Waals surface area contributed by atoms with Gasteiger partial charge in [0.05, 0.1) is 0 Å². The first kappa shape index (κ1) is 25.9. The Morgan fingerprint density at radius 2 is 0.842 bits per heavy atom. The van der Waals surface area contributed by atoms with Gasteiger partial charge < -0.3 is 29.7 Å². The van der Waals surface area contributed by atoms with Crippen molar-refractivity contribution < 1.29 is 29.7 Å². The molecule has 0 fully saturated rings. The van der Waals surface area contributed by atoms with E-state index >= 15 is 0 Å². The molecule has 0 heterocycles. The maximum atomic E-state index is 9.42. The van der Waals surface area contributed by atoms with Gasteiger partial charge in [-0.05, 0) is 0 Å². The van der Waals surface area contributed by atoms with E-state index in [4.69, 9.17) is 0 Å². The Morgan fingerprint density at radius 1 is 0.684 bits per heavy atom. The molecule has 0 rings (SSSR count). The van der Waals surface area contributed by atoms with Crippen LogP contribution in [0.25, 0.3) is 0 Å². The van der Waals surface area contributed by atoms with E-state index in [2.05, 4.69) is 19.7 Å². The number of rotatable bonds is 6. The molecule has 7 heteroatoms. The second kappa shape index (κ2) is 21.4. The van der Waals surface area contributed by atoms with Crippen LogP contribution in [0.2, 0.25) is 0 Å². The third kappa shape index (κ3) is 63.2. The van der Waals surface area contributed by atoms with E-state index in [1.54, 1.807) is 0 Å². The molecule has 0 aromatic rings. The summed E-state index contributed by atoms with van der Waals surface area (Å²) in [7, 11) is 0. The van der Waals surface area contributed by atoms with Crippen LogP contribution in [0, 0.1) is 0 Å². The SMILES string of the molecule is C=CCC(=O)[O-].C=CCC(=O)[O-].C=CCC(=O)[O-].[Al+3]. The van der Waals surface area contributed by atoms with E-state index in [9.17, 15) is 29.7 Å². The molecule has 0 spiro atoms. The third-order valence-electron chi connectivity index (χ3n) is 0.933. The van der Waals surface area contributed by atoms with Gasteiger partial charge in [0, 0.05) is 37.2 Å². The minimum absolute atomic E-state index is 0. The third-order valence-corrected chi connectivity index (χ3v) is 0.933. The number of hydrogen-bond donors (Lipinski definition) is 0. The Hall–Kier alpha value is -1.84. The summed E-state index contributed by atoms with van der Waals surface area (Å²) in [6.07, 6.45) is 3.69. The second-order valence-corrected chi connectivity index (χ2v) is 2.59. The molecule has 0 bridgehead atoms. The first-order chi connectivity index (χ1) is 8.31. The Morgan fingerprint density at radius 3 is 0.842 bits per heavy atom. The van der Waals surface area contributed by atoms with E-state index in [-0.39, 0.29) is 36.6 Å². The molecule has 0 N–H and O–H groups in total. The molecule has 0 atom stereocenters. The summed E-state index contributed by atoms with van der Waals surface area (Å²) >= 11 is 0. The molecule has 0 amide bonds. The fourth-order valence-electron chi connectivity index (χ4n) is 0.354. The molecule has 0 radical (unpaired) electrons. The van der Waals surface area contributed by atoms with Crippen molar-refractivity contribution in [2.45, 2.75) is 19.3 Å². The van der Waals surface area contributed by atoms with E-state index in [1.807, 2.05) is 0 Å². The summed E-state index contributed by atoms with van der Waals surface area (Å²) in [5.74, 6) is -3.24. The van der Waals surface area contributed by atoms with Crippen LogP contribution in [0.15, 0.2) is 38.0 Å². The van der Waals surface area contributed by atoms with Crippen molar-refractivity contribution in [2.75, 3.05) is 0 Å². The predicted octanol–water partition coefficient (Wildman–Crippen LogP) is -2.44. The normalized spacial score (nSPS) is 6.95. The van der Waals surface area contributed by atoms with Crippen molar-refractivity contribution in [3.8, 4) is 0 Å². The van der Waals surface area contributed by atoms with Crippen molar-refractivity contribution in [2.24, 2.45) is 0 Å². The molecule has 0 aliphatic carbocycles. The molecular formula is C12H15AlO6. The number of carbonyl (C=O) groups excluding carboxylic acids is 3. The Kier molecular flexibility index (Phi) is 29.2. The molecule has 0 unspecified atom stereocenters. The first-order valence-electron chi connectivity index (χ1n) is 4.73. The standard InChI is InChI=1S/3C4H6O2.Al/c3*1-2-3-4(5)6;/h3*2H,1,3H2,(H,5,6);/q;;;+3/p-3. The molecule has 0 saturated heterocycles. The van der Waals surface area contributed by atoms with Crippen LogP contribution in [0.3, 0.4) is 0 Å². The Labute approximate surface area is 122 Å². The minimum atomic E-state index is -1.08. The van der Waals surface area contributed by atoms with Gasteiger partial charge in [0.1, 0.15) is 0 Å². The predicted molar refractivity (Wildman–Crippen MR) is 65.2 cm³/mol. The van der Waals surface area contributed by atoms with Crippen LogP contribution < -0.4 is 15.3 Å². The van der Waals surface area contributed by atoms with Gasteiger partial charge in [0.25, 0.3) is 0 Å². The Bertz CT molecular complexity index is 251. The topological polar surface area (TPSA) is 120 Å². The van der Waals surface area contributed by atoms with Crippen molar-refractivity contribution >= 4 is 35.3 Å². The van der Waals surface area contributed by atoms with Crippen LogP contribution in [-0.4, -0.2) is 35.3 Å². The fourth-order valence-corrected chi connectivity index (χ4v) is 0.354. The molecule has 6 nitrogen and oxygen atoms in total. The molecule has 102 valence electrons. The van der Waals surface area contributed by atoms with Crippen LogP contribution in [0.1, 0.15) is 19.3 Å². The first-order valence-corrected chi connectivity index (χ1v) is 4.73. The van der Waals surface area contributed by atoms with Gasteiger partial charge in [-0.3, -0.25) is 0 Å². The molecular weight excluding hydrogens is 267 g/mol. The summed E-state index contributed by atoms with van der Waals surface area (Å²) in [5.41, 5.74) is 0. The molecule has 0 aliphatic heterocycles. The van der Waals surface area contributed by atoms with Crippen molar-refractivity contribution in [1.82, 2.24) is 0 Å². The smallest absolute Gasteiger partial charge is 0.550 e. The summed E-state index contributed by atoms with van der Waals surface area (Å²) in [6.45, 7) is 9.54. The van der Waals surface area contributed by atoms with E-state index < -0.39 is 17.9 Å². The number of carboxylic acids is 3. The average molecular weight is 282 g/mol. The summed E-state index contributed by atoms with van der Waals surface area (Å²) in [6, 6.07) is 0. The maximum absolute atomic E-state index is 9.42. The van der Waals surface area contributed by atoms with Gasteiger partial charge in [-0.2, -0.15) is 0 Å². The fraction of sp³-hybridized carbons (Fsp3) is 0.250. The maximum Gasteiger partial charge on any atom is 3.00 e. The van der Waals surface area contributed by atoms with E-state index in [0.29, 0.717) is 0 Å². The number of hydrogen-bond acceptors (Lipinski definition) is 6. The quantitative estimate of drug-likeness (QED) is 0.394. The van der Waals surface area contributed by atoms with Crippen LogP contribution in [0.4, 0.5) is 0 Å². The van der Waals surface area contributed by atoms with E-state index in [1.165, 1.54) is 18.2 Å². The molecule has 19 heavy (non-hydrogen) atoms. The summed E-state index contributed by atoms with van der Waals surface area (Å²) in [5, 5.41) is 28.3.